The highest BCUT2D eigenvalue weighted by molar-refractivity contribution is 8.18. The van der Waals surface area contributed by atoms with Gasteiger partial charge in [-0.15, -0.1) is 0 Å². The summed E-state index contributed by atoms with van der Waals surface area (Å²) in [4.78, 5) is 34.5. The molecule has 0 saturated carbocycles. The predicted molar refractivity (Wildman–Crippen MR) is 131 cm³/mol. The number of aromatic nitrogens is 1. The first-order chi connectivity index (χ1) is 15.2. The summed E-state index contributed by atoms with van der Waals surface area (Å²) >= 11 is 13.5. The summed E-state index contributed by atoms with van der Waals surface area (Å²) in [7, 11) is 3.54. The van der Waals surface area contributed by atoms with E-state index in [0.717, 1.165) is 11.8 Å². The second-order valence-corrected chi connectivity index (χ2v) is 8.90. The van der Waals surface area contributed by atoms with E-state index in [-0.39, 0.29) is 5.56 Å². The van der Waals surface area contributed by atoms with Gasteiger partial charge in [0.05, 0.1) is 31.8 Å². The number of amides is 1. The Morgan fingerprint density at radius 3 is 2.56 bits per heavy atom. The fraction of sp³-hybridized carbons (Fsp3) is 0.0909. The van der Waals surface area contributed by atoms with Crippen LogP contribution < -0.4 is 10.2 Å². The van der Waals surface area contributed by atoms with Crippen LogP contribution in [0.1, 0.15) is 15.9 Å². The number of fused-ring (bicyclic) bond motifs is 1. The van der Waals surface area contributed by atoms with Crippen molar-refractivity contribution in [3.8, 4) is 0 Å². The minimum Gasteiger partial charge on any atom is -0.478 e. The van der Waals surface area contributed by atoms with E-state index in [9.17, 15) is 14.7 Å². The summed E-state index contributed by atoms with van der Waals surface area (Å²) in [5.41, 5.74) is 2.49. The van der Waals surface area contributed by atoms with Gasteiger partial charge in [-0.3, -0.25) is 9.78 Å². The van der Waals surface area contributed by atoms with Crippen LogP contribution >= 0.6 is 35.0 Å². The molecule has 3 aromatic rings. The molecule has 0 spiro atoms. The Hall–Kier alpha value is -3.07. The van der Waals surface area contributed by atoms with Crippen molar-refractivity contribution in [3.05, 3.63) is 68.7 Å². The van der Waals surface area contributed by atoms with Crippen LogP contribution in [0, 0.1) is 0 Å². The number of nitrogens with one attached hydrogen (secondary N) is 1. The normalized spacial score (nSPS) is 14.7. The smallest absolute Gasteiger partial charge is 0.339 e. The monoisotopic (exact) mass is 486 g/mol. The van der Waals surface area contributed by atoms with Crippen molar-refractivity contribution in [1.29, 1.82) is 0 Å². The number of carbonyl (C=O) groups is 2. The molecule has 0 aliphatic carbocycles. The lowest BCUT2D eigenvalue weighted by Gasteiger charge is -2.18. The SMILES string of the molecule is CN(C)c1c(C(=O)O)cnc2ccc(/C=C3\SC(Nc4c(Cl)cccc4Cl)=NC3=O)cc12. The molecule has 0 bridgehead atoms. The fourth-order valence-corrected chi connectivity index (χ4v) is 4.57. The van der Waals surface area contributed by atoms with E-state index in [1.54, 1.807) is 55.4 Å². The lowest BCUT2D eigenvalue weighted by Crippen LogP contribution is -2.15. The molecule has 0 fully saturated rings. The van der Waals surface area contributed by atoms with Crippen molar-refractivity contribution >= 4 is 80.4 Å². The van der Waals surface area contributed by atoms with Gasteiger partial charge < -0.3 is 15.3 Å². The zero-order valence-electron chi connectivity index (χ0n) is 16.9. The van der Waals surface area contributed by atoms with Gasteiger partial charge in [0.25, 0.3) is 5.91 Å². The maximum absolute atomic E-state index is 12.5. The van der Waals surface area contributed by atoms with Crippen LogP contribution in [0.15, 0.2) is 52.5 Å². The number of carbonyl (C=O) groups excluding carboxylic acids is 1. The summed E-state index contributed by atoms with van der Waals surface area (Å²) in [6, 6.07) is 10.5. The predicted octanol–water partition coefficient (Wildman–Crippen LogP) is 5.39. The first kappa shape index (κ1) is 22.1. The van der Waals surface area contributed by atoms with Crippen molar-refractivity contribution in [2.75, 3.05) is 24.3 Å². The van der Waals surface area contributed by atoms with E-state index >= 15 is 0 Å². The molecule has 2 N–H and O–H groups in total. The van der Waals surface area contributed by atoms with Crippen LogP contribution in [-0.4, -0.2) is 41.2 Å². The number of hydrogen-bond acceptors (Lipinski definition) is 6. The third-order valence-electron chi connectivity index (χ3n) is 4.65. The van der Waals surface area contributed by atoms with E-state index in [4.69, 9.17) is 23.2 Å². The van der Waals surface area contributed by atoms with Gasteiger partial charge in [0.1, 0.15) is 5.56 Å². The Morgan fingerprint density at radius 2 is 1.91 bits per heavy atom. The number of nitrogens with zero attached hydrogens (tertiary/aromatic N) is 3. The number of carboxylic acid groups (broad SMARTS) is 1. The van der Waals surface area contributed by atoms with Gasteiger partial charge in [-0.1, -0.05) is 35.3 Å². The first-order valence-electron chi connectivity index (χ1n) is 9.31. The maximum Gasteiger partial charge on any atom is 0.339 e. The van der Waals surface area contributed by atoms with Crippen LogP contribution in [0.25, 0.3) is 17.0 Å². The molecule has 32 heavy (non-hydrogen) atoms. The number of rotatable bonds is 4. The molecule has 1 amide bonds. The topological polar surface area (TPSA) is 94.9 Å². The van der Waals surface area contributed by atoms with E-state index in [2.05, 4.69) is 15.3 Å². The third-order valence-corrected chi connectivity index (χ3v) is 6.18. The molecule has 162 valence electrons. The molecule has 7 nitrogen and oxygen atoms in total. The lowest BCUT2D eigenvalue weighted by atomic mass is 10.1. The van der Waals surface area contributed by atoms with Gasteiger partial charge in [-0.2, -0.15) is 4.99 Å². The summed E-state index contributed by atoms with van der Waals surface area (Å²) in [6.07, 6.45) is 3.05. The number of carboxylic acids is 1. The molecule has 0 saturated heterocycles. The van der Waals surface area contributed by atoms with E-state index in [0.29, 0.717) is 48.0 Å². The zero-order valence-corrected chi connectivity index (χ0v) is 19.2. The summed E-state index contributed by atoms with van der Waals surface area (Å²) in [6.45, 7) is 0. The largest absolute Gasteiger partial charge is 0.478 e. The quantitative estimate of drug-likeness (QED) is 0.477. The number of para-hydroxylation sites is 1. The van der Waals surface area contributed by atoms with E-state index in [1.165, 1.54) is 6.20 Å². The van der Waals surface area contributed by atoms with Crippen molar-refractivity contribution in [2.24, 2.45) is 4.99 Å². The van der Waals surface area contributed by atoms with Crippen LogP contribution in [0.5, 0.6) is 0 Å². The van der Waals surface area contributed by atoms with E-state index < -0.39 is 11.9 Å². The number of benzene rings is 2. The Balaban J connectivity index is 1.67. The molecule has 1 aliphatic heterocycles. The van der Waals surface area contributed by atoms with Crippen molar-refractivity contribution in [1.82, 2.24) is 4.98 Å². The molecular weight excluding hydrogens is 471 g/mol. The third kappa shape index (κ3) is 4.29. The molecule has 10 heteroatoms. The average Bonchev–Trinajstić information content (AvgIpc) is 3.08. The van der Waals surface area contributed by atoms with Gasteiger partial charge in [0, 0.05) is 25.7 Å². The Labute approximate surface area is 197 Å². The van der Waals surface area contributed by atoms with Crippen LogP contribution in [-0.2, 0) is 4.79 Å². The minimum absolute atomic E-state index is 0.102. The number of hydrogen-bond donors (Lipinski definition) is 2. The van der Waals surface area contributed by atoms with Gasteiger partial charge in [-0.05, 0) is 47.7 Å². The molecule has 0 atom stereocenters. The van der Waals surface area contributed by atoms with Crippen LogP contribution in [0.4, 0.5) is 11.4 Å². The minimum atomic E-state index is -1.06. The molecule has 4 rings (SSSR count). The fourth-order valence-electron chi connectivity index (χ4n) is 3.26. The number of aliphatic imine (C=N–C) groups is 1. The second kappa shape index (κ2) is 8.82. The summed E-state index contributed by atoms with van der Waals surface area (Å²) in [5, 5.41) is 14.4. The van der Waals surface area contributed by atoms with Gasteiger partial charge >= 0.3 is 5.97 Å². The van der Waals surface area contributed by atoms with Crippen LogP contribution in [0.3, 0.4) is 0 Å². The highest BCUT2D eigenvalue weighted by Gasteiger charge is 2.23. The van der Waals surface area contributed by atoms with Gasteiger partial charge in [0.2, 0.25) is 0 Å². The molecule has 2 aromatic carbocycles. The highest BCUT2D eigenvalue weighted by Crippen LogP contribution is 2.35. The highest BCUT2D eigenvalue weighted by atomic mass is 35.5. The number of halogens is 2. The molecule has 2 heterocycles. The van der Waals surface area contributed by atoms with Crippen molar-refractivity contribution in [2.45, 2.75) is 0 Å². The second-order valence-electron chi connectivity index (χ2n) is 7.05. The molecule has 0 radical (unpaired) electrons. The molecule has 1 aliphatic rings. The molecule has 1 aromatic heterocycles. The molecular formula is C22H16Cl2N4O3S. The number of aromatic carboxylic acids is 1. The standard InChI is InChI=1S/C22H16Cl2N4O3S/c1-28(2)19-12-8-11(6-7-16(12)25-10-13(19)21(30)31)9-17-20(29)27-22(32-17)26-18-14(23)4-3-5-15(18)24/h3-10H,1-2H3,(H,30,31)(H,26,27,29)/b17-9-. The zero-order chi connectivity index (χ0) is 23.0. The van der Waals surface area contributed by atoms with Gasteiger partial charge in [0.15, 0.2) is 5.17 Å². The van der Waals surface area contributed by atoms with E-state index in [1.807, 2.05) is 6.07 Å². The first-order valence-corrected chi connectivity index (χ1v) is 10.9. The summed E-state index contributed by atoms with van der Waals surface area (Å²) < 4.78 is 0. The maximum atomic E-state index is 12.5. The van der Waals surface area contributed by atoms with Gasteiger partial charge in [-0.25, -0.2) is 4.79 Å². The number of thioether (sulfide) groups is 1. The Bertz CT molecular complexity index is 1320. The lowest BCUT2D eigenvalue weighted by molar-refractivity contribution is -0.113. The van der Waals surface area contributed by atoms with Crippen molar-refractivity contribution < 1.29 is 14.7 Å². The number of amidine groups is 1. The van der Waals surface area contributed by atoms with Crippen molar-refractivity contribution in [3.63, 3.8) is 0 Å². The summed E-state index contributed by atoms with van der Waals surface area (Å²) in [5.74, 6) is -1.46. The van der Waals surface area contributed by atoms with Crippen LogP contribution in [0.2, 0.25) is 10.0 Å². The average molecular weight is 487 g/mol. The molecule has 0 unspecified atom stereocenters. The Morgan fingerprint density at radius 1 is 1.19 bits per heavy atom. The number of anilines is 2. The Kier molecular flexibility index (Phi) is 6.10. The number of pyridine rings is 1.